The fourth-order valence-electron chi connectivity index (χ4n) is 2.78. The molecule has 23 heavy (non-hydrogen) atoms. The van der Waals surface area contributed by atoms with Gasteiger partial charge in [-0.1, -0.05) is 24.3 Å². The van der Waals surface area contributed by atoms with Gasteiger partial charge in [-0.25, -0.2) is 4.39 Å². The fourth-order valence-corrected chi connectivity index (χ4v) is 2.78. The molecule has 0 radical (unpaired) electrons. The summed E-state index contributed by atoms with van der Waals surface area (Å²) in [5, 5.41) is 3.01. The summed E-state index contributed by atoms with van der Waals surface area (Å²) in [6.45, 7) is 0.605. The summed E-state index contributed by atoms with van der Waals surface area (Å²) in [6.07, 6.45) is 2.41. The Morgan fingerprint density at radius 2 is 1.78 bits per heavy atom. The van der Waals surface area contributed by atoms with E-state index in [0.29, 0.717) is 13.0 Å². The highest BCUT2D eigenvalue weighted by molar-refractivity contribution is 5.78. The maximum absolute atomic E-state index is 13.0. The van der Waals surface area contributed by atoms with Crippen molar-refractivity contribution in [3.05, 3.63) is 65.5 Å². The molecular weight excluding hydrogens is 293 g/mol. The van der Waals surface area contributed by atoms with E-state index in [1.165, 1.54) is 12.1 Å². The molecule has 1 N–H and O–H groups in total. The maximum atomic E-state index is 13.0. The summed E-state index contributed by atoms with van der Waals surface area (Å²) >= 11 is 0. The van der Waals surface area contributed by atoms with Gasteiger partial charge in [0.15, 0.2) is 0 Å². The molecule has 0 aliphatic heterocycles. The average Bonchev–Trinajstić information content (AvgIpc) is 3.35. The summed E-state index contributed by atoms with van der Waals surface area (Å²) in [5.41, 5.74) is 2.04. The van der Waals surface area contributed by atoms with Gasteiger partial charge in [-0.15, -0.1) is 0 Å². The Labute approximate surface area is 135 Å². The van der Waals surface area contributed by atoms with Crippen LogP contribution in [0.5, 0.6) is 5.75 Å². The van der Waals surface area contributed by atoms with Gasteiger partial charge >= 0.3 is 0 Å². The van der Waals surface area contributed by atoms with Gasteiger partial charge in [0.25, 0.3) is 0 Å². The Morgan fingerprint density at radius 1 is 1.13 bits per heavy atom. The van der Waals surface area contributed by atoms with Gasteiger partial charge in [-0.05, 0) is 48.2 Å². The topological polar surface area (TPSA) is 38.3 Å². The van der Waals surface area contributed by atoms with Gasteiger partial charge in [0.1, 0.15) is 11.6 Å². The molecule has 3 nitrogen and oxygen atoms in total. The highest BCUT2D eigenvalue weighted by atomic mass is 19.1. The number of hydrogen-bond acceptors (Lipinski definition) is 2. The van der Waals surface area contributed by atoms with Gasteiger partial charge in [-0.2, -0.15) is 0 Å². The molecule has 0 heterocycles. The second kappa shape index (κ2) is 6.41. The van der Waals surface area contributed by atoms with Gasteiger partial charge in [0, 0.05) is 12.0 Å². The lowest BCUT2D eigenvalue weighted by Crippen LogP contribution is -2.33. The molecule has 1 aliphatic rings. The highest BCUT2D eigenvalue weighted by Gasteiger charge is 2.44. The van der Waals surface area contributed by atoms with Gasteiger partial charge in [0.05, 0.1) is 13.5 Å². The normalized spacial score (nSPS) is 15.0. The Kier molecular flexibility index (Phi) is 4.33. The average molecular weight is 313 g/mol. The van der Waals surface area contributed by atoms with Crippen molar-refractivity contribution in [3.63, 3.8) is 0 Å². The Bertz CT molecular complexity index is 676. The van der Waals surface area contributed by atoms with Crippen LogP contribution in [0.4, 0.5) is 4.39 Å². The van der Waals surface area contributed by atoms with E-state index in [9.17, 15) is 9.18 Å². The number of halogens is 1. The Morgan fingerprint density at radius 3 is 2.35 bits per heavy atom. The van der Waals surface area contributed by atoms with Crippen molar-refractivity contribution in [2.24, 2.45) is 0 Å². The number of hydrogen-bond donors (Lipinski definition) is 1. The summed E-state index contributed by atoms with van der Waals surface area (Å²) in [5.74, 6) is 0.555. The van der Waals surface area contributed by atoms with Crippen LogP contribution in [0.3, 0.4) is 0 Å². The van der Waals surface area contributed by atoms with Crippen molar-refractivity contribution < 1.29 is 13.9 Å². The summed E-state index contributed by atoms with van der Waals surface area (Å²) < 4.78 is 18.1. The monoisotopic (exact) mass is 313 g/mol. The van der Waals surface area contributed by atoms with Crippen LogP contribution in [0.15, 0.2) is 48.5 Å². The number of rotatable bonds is 6. The number of benzene rings is 2. The second-order valence-electron chi connectivity index (χ2n) is 6.09. The third-order valence-corrected chi connectivity index (χ3v) is 4.46. The first-order valence-corrected chi connectivity index (χ1v) is 7.77. The Hall–Kier alpha value is -2.36. The minimum atomic E-state index is -0.229. The predicted molar refractivity (Wildman–Crippen MR) is 87.0 cm³/mol. The zero-order valence-electron chi connectivity index (χ0n) is 13.1. The molecule has 0 bridgehead atoms. The van der Waals surface area contributed by atoms with Gasteiger partial charge in [0.2, 0.25) is 5.91 Å². The molecule has 1 amide bonds. The number of nitrogens with one attached hydrogen (secondary N) is 1. The quantitative estimate of drug-likeness (QED) is 0.889. The van der Waals surface area contributed by atoms with Crippen molar-refractivity contribution in [1.29, 1.82) is 0 Å². The second-order valence-corrected chi connectivity index (χ2v) is 6.09. The first-order valence-electron chi connectivity index (χ1n) is 7.77. The van der Waals surface area contributed by atoms with E-state index in [1.54, 1.807) is 7.11 Å². The molecule has 1 fully saturated rings. The third-order valence-electron chi connectivity index (χ3n) is 4.46. The van der Waals surface area contributed by atoms with Crippen molar-refractivity contribution >= 4 is 5.91 Å². The van der Waals surface area contributed by atoms with E-state index < -0.39 is 0 Å². The van der Waals surface area contributed by atoms with Crippen LogP contribution in [0.1, 0.15) is 24.0 Å². The lowest BCUT2D eigenvalue weighted by atomic mass is 9.96. The summed E-state index contributed by atoms with van der Waals surface area (Å²) in [6, 6.07) is 14.1. The smallest absolute Gasteiger partial charge is 0.224 e. The van der Waals surface area contributed by atoms with Gasteiger partial charge < -0.3 is 10.1 Å². The molecule has 0 atom stereocenters. The standard InChI is InChI=1S/C19H20FNO2/c1-23-17-8-2-14(3-9-17)12-18(22)21-13-19(10-11-19)15-4-6-16(20)7-5-15/h2-9H,10-13H2,1H3,(H,21,22). The van der Waals surface area contributed by atoms with Gasteiger partial charge in [-0.3, -0.25) is 4.79 Å². The predicted octanol–water partition coefficient (Wildman–Crippen LogP) is 3.22. The van der Waals surface area contributed by atoms with Crippen molar-refractivity contribution in [3.8, 4) is 5.75 Å². The molecule has 4 heteroatoms. The van der Waals surface area contributed by atoms with Crippen LogP contribution < -0.4 is 10.1 Å². The maximum Gasteiger partial charge on any atom is 0.224 e. The largest absolute Gasteiger partial charge is 0.497 e. The van der Waals surface area contributed by atoms with Crippen molar-refractivity contribution in [2.45, 2.75) is 24.7 Å². The van der Waals surface area contributed by atoms with Crippen LogP contribution in [0.25, 0.3) is 0 Å². The van der Waals surface area contributed by atoms with E-state index in [1.807, 2.05) is 36.4 Å². The van der Waals surface area contributed by atoms with Crippen LogP contribution in [0.2, 0.25) is 0 Å². The molecule has 1 aliphatic carbocycles. The number of amides is 1. The van der Waals surface area contributed by atoms with E-state index >= 15 is 0 Å². The summed E-state index contributed by atoms with van der Waals surface area (Å²) in [7, 11) is 1.62. The minimum absolute atomic E-state index is 0.00329. The molecule has 0 spiro atoms. The lowest BCUT2D eigenvalue weighted by molar-refractivity contribution is -0.120. The molecule has 0 unspecified atom stereocenters. The molecule has 2 aromatic carbocycles. The lowest BCUT2D eigenvalue weighted by Gasteiger charge is -2.16. The summed E-state index contributed by atoms with van der Waals surface area (Å²) in [4.78, 5) is 12.1. The number of ether oxygens (including phenoxy) is 1. The molecule has 120 valence electrons. The Balaban J connectivity index is 1.55. The van der Waals surface area contributed by atoms with Crippen LogP contribution in [-0.2, 0) is 16.6 Å². The minimum Gasteiger partial charge on any atom is -0.497 e. The third kappa shape index (κ3) is 3.70. The zero-order valence-corrected chi connectivity index (χ0v) is 13.1. The van der Waals surface area contributed by atoms with E-state index in [-0.39, 0.29) is 17.1 Å². The van der Waals surface area contributed by atoms with E-state index in [2.05, 4.69) is 5.32 Å². The van der Waals surface area contributed by atoms with E-state index in [0.717, 1.165) is 29.7 Å². The SMILES string of the molecule is COc1ccc(CC(=O)NCC2(c3ccc(F)cc3)CC2)cc1. The molecule has 3 rings (SSSR count). The van der Waals surface area contributed by atoms with Crippen LogP contribution in [0, 0.1) is 5.82 Å². The highest BCUT2D eigenvalue weighted by Crippen LogP contribution is 2.47. The van der Waals surface area contributed by atoms with Crippen LogP contribution >= 0.6 is 0 Å². The number of methoxy groups -OCH3 is 1. The van der Waals surface area contributed by atoms with E-state index in [4.69, 9.17) is 4.74 Å². The zero-order chi connectivity index (χ0) is 16.3. The fraction of sp³-hybridized carbons (Fsp3) is 0.316. The number of carbonyl (C=O) groups is 1. The first-order chi connectivity index (χ1) is 11.1. The molecule has 1 saturated carbocycles. The number of carbonyl (C=O) groups excluding carboxylic acids is 1. The molecule has 0 aromatic heterocycles. The van der Waals surface area contributed by atoms with Crippen molar-refractivity contribution in [2.75, 3.05) is 13.7 Å². The van der Waals surface area contributed by atoms with Crippen LogP contribution in [-0.4, -0.2) is 19.6 Å². The first kappa shape index (κ1) is 15.5. The molecule has 0 saturated heterocycles. The molecular formula is C19H20FNO2. The van der Waals surface area contributed by atoms with Crippen molar-refractivity contribution in [1.82, 2.24) is 5.32 Å². The molecule has 2 aromatic rings.